The van der Waals surface area contributed by atoms with E-state index in [9.17, 15) is 0 Å². The first kappa shape index (κ1) is 17.1. The van der Waals surface area contributed by atoms with Gasteiger partial charge in [-0.3, -0.25) is 0 Å². The highest BCUT2D eigenvalue weighted by Gasteiger charge is 2.34. The van der Waals surface area contributed by atoms with E-state index >= 15 is 0 Å². The molecule has 2 heteroatoms. The van der Waals surface area contributed by atoms with Gasteiger partial charge in [0.25, 0.3) is 5.82 Å². The van der Waals surface area contributed by atoms with E-state index in [-0.39, 0.29) is 0 Å². The Hall–Kier alpha value is -2.35. The monoisotopic (exact) mass is 345 g/mol. The lowest BCUT2D eigenvalue weighted by Gasteiger charge is -2.20. The van der Waals surface area contributed by atoms with E-state index in [0.717, 1.165) is 0 Å². The number of para-hydroxylation sites is 1. The van der Waals surface area contributed by atoms with Crippen LogP contribution in [0, 0.1) is 13.8 Å². The van der Waals surface area contributed by atoms with Gasteiger partial charge in [0.2, 0.25) is 0 Å². The van der Waals surface area contributed by atoms with Crippen LogP contribution in [0.4, 0.5) is 0 Å². The number of rotatable bonds is 3. The summed E-state index contributed by atoms with van der Waals surface area (Å²) in [5.74, 6) is 2.11. The molecule has 0 unspecified atom stereocenters. The van der Waals surface area contributed by atoms with Crippen molar-refractivity contribution in [2.75, 3.05) is 0 Å². The van der Waals surface area contributed by atoms with Gasteiger partial charge in [0.05, 0.1) is 13.0 Å². The lowest BCUT2D eigenvalue weighted by molar-refractivity contribution is -0.669. The second-order valence-corrected chi connectivity index (χ2v) is 7.67. The summed E-state index contributed by atoms with van der Waals surface area (Å²) in [4.78, 5) is 0. The Morgan fingerprint density at radius 2 is 1.50 bits per heavy atom. The summed E-state index contributed by atoms with van der Waals surface area (Å²) in [7, 11) is 2.26. The molecule has 4 rings (SSSR count). The second kappa shape index (κ2) is 7.11. The summed E-state index contributed by atoms with van der Waals surface area (Å²) in [6, 6.07) is 19.6. The number of benzene rings is 2. The first-order valence-electron chi connectivity index (χ1n) is 9.91. The molecule has 3 aromatic rings. The van der Waals surface area contributed by atoms with Crippen molar-refractivity contribution in [1.82, 2.24) is 4.57 Å². The highest BCUT2D eigenvalue weighted by molar-refractivity contribution is 5.60. The molecule has 2 aromatic carbocycles. The third-order valence-corrected chi connectivity index (χ3v) is 5.96. The van der Waals surface area contributed by atoms with E-state index in [4.69, 9.17) is 0 Å². The lowest BCUT2D eigenvalue weighted by atomic mass is 9.88. The molecule has 134 valence electrons. The third kappa shape index (κ3) is 2.88. The number of nitrogens with zero attached hydrogens (tertiary/aromatic N) is 2. The van der Waals surface area contributed by atoms with E-state index in [1.54, 1.807) is 0 Å². The van der Waals surface area contributed by atoms with E-state index in [2.05, 4.69) is 84.6 Å². The molecule has 0 radical (unpaired) electrons. The molecule has 0 amide bonds. The first-order chi connectivity index (χ1) is 12.7. The summed E-state index contributed by atoms with van der Waals surface area (Å²) in [5, 5.41) is 0. The molecule has 1 saturated carbocycles. The van der Waals surface area contributed by atoms with Gasteiger partial charge in [0, 0.05) is 12.5 Å². The van der Waals surface area contributed by atoms with Crippen LogP contribution >= 0.6 is 0 Å². The van der Waals surface area contributed by atoms with Gasteiger partial charge in [-0.15, -0.1) is 0 Å². The SMILES string of the molecule is Cc1ccccc1-n1c(C)c(-c2ccccc2)[n+](C)c1C1CCCCC1. The van der Waals surface area contributed by atoms with Gasteiger partial charge in [0.15, 0.2) is 11.4 Å². The Balaban J connectivity index is 1.98. The quantitative estimate of drug-likeness (QED) is 0.544. The fourth-order valence-electron chi connectivity index (χ4n) is 4.72. The van der Waals surface area contributed by atoms with Crippen molar-refractivity contribution >= 4 is 0 Å². The van der Waals surface area contributed by atoms with Gasteiger partial charge in [-0.05, 0) is 31.4 Å². The van der Waals surface area contributed by atoms with E-state index < -0.39 is 0 Å². The topological polar surface area (TPSA) is 8.81 Å². The van der Waals surface area contributed by atoms with E-state index in [0.29, 0.717) is 5.92 Å². The first-order valence-corrected chi connectivity index (χ1v) is 9.91. The maximum Gasteiger partial charge on any atom is 0.265 e. The van der Waals surface area contributed by atoms with Crippen LogP contribution in [0.2, 0.25) is 0 Å². The molecule has 0 bridgehead atoms. The van der Waals surface area contributed by atoms with Crippen LogP contribution < -0.4 is 4.57 Å². The summed E-state index contributed by atoms with van der Waals surface area (Å²) in [5.41, 5.74) is 6.64. The van der Waals surface area contributed by atoms with E-state index in [1.807, 2.05) is 0 Å². The molecule has 0 atom stereocenters. The van der Waals surface area contributed by atoms with Crippen LogP contribution in [0.25, 0.3) is 16.9 Å². The number of hydrogen-bond donors (Lipinski definition) is 0. The minimum Gasteiger partial charge on any atom is -0.229 e. The molecule has 2 nitrogen and oxygen atoms in total. The van der Waals surface area contributed by atoms with Gasteiger partial charge in [-0.2, -0.15) is 4.57 Å². The van der Waals surface area contributed by atoms with Crippen molar-refractivity contribution in [2.24, 2.45) is 7.05 Å². The Morgan fingerprint density at radius 1 is 0.846 bits per heavy atom. The fraction of sp³-hybridized carbons (Fsp3) is 0.375. The third-order valence-electron chi connectivity index (χ3n) is 5.96. The smallest absolute Gasteiger partial charge is 0.229 e. The summed E-state index contributed by atoms with van der Waals surface area (Å²) >= 11 is 0. The molecular weight excluding hydrogens is 316 g/mol. The summed E-state index contributed by atoms with van der Waals surface area (Å²) in [6.45, 7) is 4.50. The number of imidazole rings is 1. The number of aryl methyl sites for hydroxylation is 1. The average Bonchev–Trinajstić information content (AvgIpc) is 2.94. The molecule has 1 aliphatic rings. The second-order valence-electron chi connectivity index (χ2n) is 7.67. The molecular formula is C24H29N2+. The Bertz CT molecular complexity index is 899. The molecule has 0 N–H and O–H groups in total. The molecule has 1 aliphatic carbocycles. The lowest BCUT2D eigenvalue weighted by Crippen LogP contribution is -2.37. The van der Waals surface area contributed by atoms with Gasteiger partial charge in [-0.25, -0.2) is 4.57 Å². The van der Waals surface area contributed by atoms with Crippen molar-refractivity contribution in [3.05, 3.63) is 71.7 Å². The Morgan fingerprint density at radius 3 is 2.19 bits per heavy atom. The largest absolute Gasteiger partial charge is 0.265 e. The minimum atomic E-state index is 0.643. The van der Waals surface area contributed by atoms with Crippen molar-refractivity contribution < 1.29 is 4.57 Å². The van der Waals surface area contributed by atoms with Crippen LogP contribution in [0.3, 0.4) is 0 Å². The molecule has 1 aromatic heterocycles. The zero-order chi connectivity index (χ0) is 18.1. The number of aromatic nitrogens is 2. The molecule has 26 heavy (non-hydrogen) atoms. The van der Waals surface area contributed by atoms with Crippen molar-refractivity contribution in [3.63, 3.8) is 0 Å². The van der Waals surface area contributed by atoms with Crippen LogP contribution in [0.15, 0.2) is 54.6 Å². The van der Waals surface area contributed by atoms with E-state index in [1.165, 1.54) is 66.1 Å². The number of hydrogen-bond acceptors (Lipinski definition) is 0. The normalized spacial score (nSPS) is 15.3. The predicted molar refractivity (Wildman–Crippen MR) is 108 cm³/mol. The van der Waals surface area contributed by atoms with Crippen LogP contribution in [-0.2, 0) is 7.05 Å². The van der Waals surface area contributed by atoms with Crippen LogP contribution in [-0.4, -0.2) is 4.57 Å². The minimum absolute atomic E-state index is 0.643. The molecule has 0 saturated heterocycles. The standard InChI is InChI=1S/C24H29N2/c1-18-12-10-11-17-22(18)26-19(2)23(20-13-6-4-7-14-20)25(3)24(26)21-15-8-5-9-16-21/h4,6-7,10-14,17,21H,5,8-9,15-16H2,1-3H3/q+1. The maximum atomic E-state index is 2.54. The van der Waals surface area contributed by atoms with Crippen LogP contribution in [0.1, 0.15) is 55.1 Å². The van der Waals surface area contributed by atoms with Gasteiger partial charge in [-0.1, -0.05) is 67.8 Å². The zero-order valence-corrected chi connectivity index (χ0v) is 16.2. The molecule has 0 aliphatic heterocycles. The summed E-state index contributed by atoms with van der Waals surface area (Å²) < 4.78 is 5.00. The average molecular weight is 346 g/mol. The Kier molecular flexibility index (Phi) is 4.67. The van der Waals surface area contributed by atoms with Gasteiger partial charge < -0.3 is 0 Å². The molecule has 1 fully saturated rings. The van der Waals surface area contributed by atoms with Crippen LogP contribution in [0.5, 0.6) is 0 Å². The summed E-state index contributed by atoms with van der Waals surface area (Å²) in [6.07, 6.45) is 6.69. The molecule has 1 heterocycles. The van der Waals surface area contributed by atoms with Crippen molar-refractivity contribution in [1.29, 1.82) is 0 Å². The fourth-order valence-corrected chi connectivity index (χ4v) is 4.72. The molecule has 0 spiro atoms. The Labute approximate surface area is 157 Å². The van der Waals surface area contributed by atoms with Gasteiger partial charge in [0.1, 0.15) is 5.69 Å². The highest BCUT2D eigenvalue weighted by Crippen LogP contribution is 2.36. The predicted octanol–water partition coefficient (Wildman–Crippen LogP) is 5.63. The zero-order valence-electron chi connectivity index (χ0n) is 16.2. The highest BCUT2D eigenvalue weighted by atomic mass is 15.2. The van der Waals surface area contributed by atoms with Gasteiger partial charge >= 0.3 is 0 Å². The van der Waals surface area contributed by atoms with Crippen molar-refractivity contribution in [3.8, 4) is 16.9 Å². The maximum absolute atomic E-state index is 2.54. The van der Waals surface area contributed by atoms with Crippen molar-refractivity contribution in [2.45, 2.75) is 51.9 Å².